The number of amides is 1. The standard InChI is InChI=1S/C25H30F2N2O2/c1-16(19-7-9-23(26)24(27)15-19)28-21-8-6-20(14-21)17-2-4-18(5-3-17)25(31)29-12-10-22(30)11-13-29/h2-5,7,9,15-16,20-22,28,30H,6,8,10-14H2,1H3/t16-,20+,21?/m1/s1. The summed E-state index contributed by atoms with van der Waals surface area (Å²) in [5.74, 6) is -1.18. The van der Waals surface area contributed by atoms with Crippen molar-refractivity contribution in [1.82, 2.24) is 10.2 Å². The number of hydrogen-bond donors (Lipinski definition) is 2. The highest BCUT2D eigenvalue weighted by Crippen LogP contribution is 2.35. The average molecular weight is 429 g/mol. The van der Waals surface area contributed by atoms with Gasteiger partial charge in [0.25, 0.3) is 5.91 Å². The maximum absolute atomic E-state index is 13.5. The molecule has 166 valence electrons. The molecule has 2 fully saturated rings. The largest absolute Gasteiger partial charge is 0.393 e. The van der Waals surface area contributed by atoms with Crippen LogP contribution in [0.5, 0.6) is 0 Å². The van der Waals surface area contributed by atoms with Gasteiger partial charge < -0.3 is 15.3 Å². The van der Waals surface area contributed by atoms with Gasteiger partial charge in [-0.3, -0.25) is 4.79 Å². The number of likely N-dealkylation sites (tertiary alicyclic amines) is 1. The highest BCUT2D eigenvalue weighted by Gasteiger charge is 2.28. The van der Waals surface area contributed by atoms with Crippen LogP contribution in [0.4, 0.5) is 8.78 Å². The van der Waals surface area contributed by atoms with Crippen molar-refractivity contribution in [3.63, 3.8) is 0 Å². The second kappa shape index (κ2) is 9.45. The van der Waals surface area contributed by atoms with Gasteiger partial charge in [-0.15, -0.1) is 0 Å². The first-order valence-electron chi connectivity index (χ1n) is 11.2. The minimum Gasteiger partial charge on any atom is -0.393 e. The molecule has 2 N–H and O–H groups in total. The Kier molecular flexibility index (Phi) is 6.68. The summed E-state index contributed by atoms with van der Waals surface area (Å²) >= 11 is 0. The molecule has 4 nitrogen and oxygen atoms in total. The van der Waals surface area contributed by atoms with Crippen molar-refractivity contribution in [1.29, 1.82) is 0 Å². The van der Waals surface area contributed by atoms with E-state index in [2.05, 4.69) is 17.4 Å². The van der Waals surface area contributed by atoms with Crippen LogP contribution in [0.3, 0.4) is 0 Å². The predicted octanol–water partition coefficient (Wildman–Crippen LogP) is 4.55. The van der Waals surface area contributed by atoms with Crippen LogP contribution in [0.2, 0.25) is 0 Å². The number of hydrogen-bond acceptors (Lipinski definition) is 3. The first-order chi connectivity index (χ1) is 14.9. The van der Waals surface area contributed by atoms with Crippen LogP contribution in [0.1, 0.15) is 72.5 Å². The van der Waals surface area contributed by atoms with Crippen LogP contribution < -0.4 is 5.32 Å². The number of carbonyl (C=O) groups excluding carboxylic acids is 1. The molecular formula is C25H30F2N2O2. The van der Waals surface area contributed by atoms with Crippen molar-refractivity contribution < 1.29 is 18.7 Å². The maximum Gasteiger partial charge on any atom is 0.253 e. The van der Waals surface area contributed by atoms with Crippen molar-refractivity contribution in [2.75, 3.05) is 13.1 Å². The average Bonchev–Trinajstić information content (AvgIpc) is 3.24. The summed E-state index contributed by atoms with van der Waals surface area (Å²) in [4.78, 5) is 14.5. The van der Waals surface area contributed by atoms with Gasteiger partial charge in [-0.05, 0) is 80.3 Å². The number of rotatable bonds is 5. The molecule has 4 rings (SSSR count). The van der Waals surface area contributed by atoms with Gasteiger partial charge in [0, 0.05) is 30.7 Å². The third-order valence-corrected chi connectivity index (χ3v) is 6.74. The molecule has 3 atom stereocenters. The molecule has 2 aromatic carbocycles. The second-order valence-electron chi connectivity index (χ2n) is 8.91. The Bertz CT molecular complexity index is 910. The monoisotopic (exact) mass is 428 g/mol. The second-order valence-corrected chi connectivity index (χ2v) is 8.91. The fourth-order valence-electron chi connectivity index (χ4n) is 4.82. The van der Waals surface area contributed by atoms with E-state index in [-0.39, 0.29) is 18.1 Å². The van der Waals surface area contributed by atoms with E-state index in [1.807, 2.05) is 24.0 Å². The number of nitrogens with zero attached hydrogens (tertiary/aromatic N) is 1. The van der Waals surface area contributed by atoms with Gasteiger partial charge in [0.2, 0.25) is 0 Å². The summed E-state index contributed by atoms with van der Waals surface area (Å²) in [6, 6.07) is 12.3. The zero-order valence-electron chi connectivity index (χ0n) is 17.9. The van der Waals surface area contributed by atoms with Crippen LogP contribution in [0.15, 0.2) is 42.5 Å². The number of nitrogens with one attached hydrogen (secondary N) is 1. The van der Waals surface area contributed by atoms with Gasteiger partial charge in [0.05, 0.1) is 6.10 Å². The third kappa shape index (κ3) is 5.13. The Labute approximate surface area is 182 Å². The lowest BCUT2D eigenvalue weighted by Crippen LogP contribution is -2.40. The summed E-state index contributed by atoms with van der Waals surface area (Å²) in [6.07, 6.45) is 4.05. The van der Waals surface area contributed by atoms with Gasteiger partial charge in [-0.25, -0.2) is 8.78 Å². The minimum absolute atomic E-state index is 0.0322. The number of carbonyl (C=O) groups is 1. The molecule has 1 heterocycles. The topological polar surface area (TPSA) is 52.6 Å². The van der Waals surface area contributed by atoms with E-state index in [1.54, 1.807) is 6.07 Å². The Morgan fingerprint density at radius 2 is 1.74 bits per heavy atom. The lowest BCUT2D eigenvalue weighted by atomic mass is 9.96. The molecule has 2 aliphatic rings. The molecule has 0 bridgehead atoms. The fraction of sp³-hybridized carbons (Fsp3) is 0.480. The number of benzene rings is 2. The van der Waals surface area contributed by atoms with Crippen LogP contribution in [-0.2, 0) is 0 Å². The Morgan fingerprint density at radius 1 is 1.03 bits per heavy atom. The number of piperidine rings is 1. The molecule has 1 aliphatic carbocycles. The highest BCUT2D eigenvalue weighted by molar-refractivity contribution is 5.94. The normalized spacial score (nSPS) is 23.2. The summed E-state index contributed by atoms with van der Waals surface area (Å²) in [5.41, 5.74) is 2.67. The van der Waals surface area contributed by atoms with E-state index in [0.29, 0.717) is 43.5 Å². The summed E-state index contributed by atoms with van der Waals surface area (Å²) in [6.45, 7) is 3.18. The molecule has 1 saturated carbocycles. The summed E-state index contributed by atoms with van der Waals surface area (Å²) < 4.78 is 26.7. The first kappa shape index (κ1) is 21.9. The number of halogens is 2. The van der Waals surface area contributed by atoms with Crippen molar-refractivity contribution in [3.8, 4) is 0 Å². The van der Waals surface area contributed by atoms with Crippen LogP contribution in [0.25, 0.3) is 0 Å². The summed E-state index contributed by atoms with van der Waals surface area (Å²) in [7, 11) is 0. The Balaban J connectivity index is 1.32. The van der Waals surface area contributed by atoms with Crippen LogP contribution in [-0.4, -0.2) is 41.1 Å². The SMILES string of the molecule is C[C@@H](NC1CC[C@H](c2ccc(C(=O)N3CCC(O)CC3)cc2)C1)c1ccc(F)c(F)c1. The molecule has 0 spiro atoms. The number of aliphatic hydroxyl groups excluding tert-OH is 1. The Morgan fingerprint density at radius 3 is 2.42 bits per heavy atom. The Hall–Kier alpha value is -2.31. The van der Waals surface area contributed by atoms with E-state index in [4.69, 9.17) is 0 Å². The minimum atomic E-state index is -0.823. The quantitative estimate of drug-likeness (QED) is 0.735. The van der Waals surface area contributed by atoms with E-state index >= 15 is 0 Å². The van der Waals surface area contributed by atoms with E-state index in [0.717, 1.165) is 24.8 Å². The van der Waals surface area contributed by atoms with Gasteiger partial charge >= 0.3 is 0 Å². The molecule has 1 amide bonds. The lowest BCUT2D eigenvalue weighted by Gasteiger charge is -2.29. The van der Waals surface area contributed by atoms with Gasteiger partial charge in [-0.2, -0.15) is 0 Å². The summed E-state index contributed by atoms with van der Waals surface area (Å²) in [5, 5.41) is 13.2. The molecule has 0 radical (unpaired) electrons. The zero-order chi connectivity index (χ0) is 22.0. The van der Waals surface area contributed by atoms with Gasteiger partial charge in [0.1, 0.15) is 0 Å². The van der Waals surface area contributed by atoms with Gasteiger partial charge in [0.15, 0.2) is 11.6 Å². The lowest BCUT2D eigenvalue weighted by molar-refractivity contribution is 0.0546. The van der Waals surface area contributed by atoms with Crippen molar-refractivity contribution >= 4 is 5.91 Å². The molecule has 0 aromatic heterocycles. The fourth-order valence-corrected chi connectivity index (χ4v) is 4.82. The van der Waals surface area contributed by atoms with Crippen molar-refractivity contribution in [2.45, 2.75) is 63.1 Å². The third-order valence-electron chi connectivity index (χ3n) is 6.74. The highest BCUT2D eigenvalue weighted by atomic mass is 19.2. The van der Waals surface area contributed by atoms with E-state index in [9.17, 15) is 18.7 Å². The molecule has 1 saturated heterocycles. The molecular weight excluding hydrogens is 398 g/mol. The maximum atomic E-state index is 13.5. The van der Waals surface area contributed by atoms with E-state index < -0.39 is 11.6 Å². The van der Waals surface area contributed by atoms with E-state index in [1.165, 1.54) is 17.7 Å². The zero-order valence-corrected chi connectivity index (χ0v) is 17.9. The first-order valence-corrected chi connectivity index (χ1v) is 11.2. The van der Waals surface area contributed by atoms with Gasteiger partial charge in [-0.1, -0.05) is 18.2 Å². The van der Waals surface area contributed by atoms with Crippen LogP contribution >= 0.6 is 0 Å². The van der Waals surface area contributed by atoms with Crippen molar-refractivity contribution in [2.24, 2.45) is 0 Å². The smallest absolute Gasteiger partial charge is 0.253 e. The molecule has 2 aromatic rings. The van der Waals surface area contributed by atoms with Crippen molar-refractivity contribution in [3.05, 3.63) is 70.8 Å². The molecule has 1 unspecified atom stereocenters. The number of aliphatic hydroxyl groups is 1. The molecule has 6 heteroatoms. The predicted molar refractivity (Wildman–Crippen MR) is 116 cm³/mol. The molecule has 31 heavy (non-hydrogen) atoms. The van der Waals surface area contributed by atoms with Crippen LogP contribution in [0, 0.1) is 11.6 Å². The molecule has 1 aliphatic heterocycles.